The van der Waals surface area contributed by atoms with Gasteiger partial charge in [0, 0.05) is 17.5 Å². The summed E-state index contributed by atoms with van der Waals surface area (Å²) < 4.78 is 0. The van der Waals surface area contributed by atoms with Gasteiger partial charge in [0.25, 0.3) is 0 Å². The fourth-order valence-electron chi connectivity index (χ4n) is 1.27. The van der Waals surface area contributed by atoms with E-state index in [9.17, 15) is 0 Å². The number of nitrogen functional groups attached to an aromatic ring is 1. The lowest BCUT2D eigenvalue weighted by Gasteiger charge is -2.03. The fraction of sp³-hybridized carbons (Fsp3) is 0.0909. The summed E-state index contributed by atoms with van der Waals surface area (Å²) in [5.41, 5.74) is 8.05. The van der Waals surface area contributed by atoms with Gasteiger partial charge in [0.1, 0.15) is 0 Å². The average Bonchev–Trinajstić information content (AvgIpc) is 2.22. The van der Waals surface area contributed by atoms with E-state index in [1.165, 1.54) is 0 Å². The monoisotopic (exact) mass is 219 g/mol. The number of benzene rings is 1. The average molecular weight is 220 g/mol. The van der Waals surface area contributed by atoms with Crippen LogP contribution in [0.25, 0.3) is 11.4 Å². The molecule has 0 unspecified atom stereocenters. The lowest BCUT2D eigenvalue weighted by Crippen LogP contribution is -1.92. The van der Waals surface area contributed by atoms with Crippen LogP contribution in [0.5, 0.6) is 0 Å². The predicted octanol–water partition coefficient (Wildman–Crippen LogP) is 2.69. The van der Waals surface area contributed by atoms with Crippen molar-refractivity contribution in [1.82, 2.24) is 9.97 Å². The van der Waals surface area contributed by atoms with Gasteiger partial charge in [-0.25, -0.2) is 9.97 Å². The van der Waals surface area contributed by atoms with Gasteiger partial charge in [-0.15, -0.1) is 0 Å². The van der Waals surface area contributed by atoms with Crippen LogP contribution in [0.3, 0.4) is 0 Å². The van der Waals surface area contributed by atoms with Crippen molar-refractivity contribution in [3.8, 4) is 11.4 Å². The molecular weight excluding hydrogens is 210 g/mol. The highest BCUT2D eigenvalue weighted by molar-refractivity contribution is 6.33. The topological polar surface area (TPSA) is 51.8 Å². The zero-order chi connectivity index (χ0) is 10.8. The fourth-order valence-corrected chi connectivity index (χ4v) is 1.39. The van der Waals surface area contributed by atoms with Gasteiger partial charge in [-0.05, 0) is 31.2 Å². The van der Waals surface area contributed by atoms with Gasteiger partial charge in [-0.1, -0.05) is 11.6 Å². The molecule has 0 radical (unpaired) electrons. The molecule has 0 aliphatic heterocycles. The van der Waals surface area contributed by atoms with Crippen molar-refractivity contribution < 1.29 is 0 Å². The van der Waals surface area contributed by atoms with E-state index in [0.717, 1.165) is 11.3 Å². The van der Waals surface area contributed by atoms with Gasteiger partial charge in [0.2, 0.25) is 0 Å². The van der Waals surface area contributed by atoms with E-state index in [1.807, 2.05) is 19.1 Å². The van der Waals surface area contributed by atoms with Crippen LogP contribution in [-0.2, 0) is 0 Å². The van der Waals surface area contributed by atoms with Gasteiger partial charge in [-0.2, -0.15) is 0 Å². The Kier molecular flexibility index (Phi) is 2.56. The second-order valence-electron chi connectivity index (χ2n) is 3.26. The smallest absolute Gasteiger partial charge is 0.159 e. The normalized spacial score (nSPS) is 10.3. The number of halogens is 1. The molecule has 1 aromatic heterocycles. The molecule has 76 valence electrons. The predicted molar refractivity (Wildman–Crippen MR) is 61.6 cm³/mol. The molecule has 1 heterocycles. The molecule has 15 heavy (non-hydrogen) atoms. The summed E-state index contributed by atoms with van der Waals surface area (Å²) in [7, 11) is 0. The van der Waals surface area contributed by atoms with Crippen LogP contribution in [0.1, 0.15) is 5.69 Å². The van der Waals surface area contributed by atoms with Crippen molar-refractivity contribution >= 4 is 17.3 Å². The first kappa shape index (κ1) is 9.93. The molecule has 2 aromatic rings. The molecule has 0 aliphatic rings. The van der Waals surface area contributed by atoms with Crippen molar-refractivity contribution in [1.29, 1.82) is 0 Å². The first-order valence-corrected chi connectivity index (χ1v) is 4.89. The minimum Gasteiger partial charge on any atom is -0.398 e. The number of aromatic nitrogens is 2. The summed E-state index contributed by atoms with van der Waals surface area (Å²) in [6.07, 6.45) is 1.72. The minimum absolute atomic E-state index is 0.541. The summed E-state index contributed by atoms with van der Waals surface area (Å²) in [6, 6.07) is 7.23. The molecule has 0 amide bonds. The molecule has 4 heteroatoms. The second kappa shape index (κ2) is 3.87. The Morgan fingerprint density at radius 2 is 2.07 bits per heavy atom. The Balaban J connectivity index is 2.50. The molecule has 0 saturated heterocycles. The molecule has 0 spiro atoms. The summed E-state index contributed by atoms with van der Waals surface area (Å²) >= 11 is 5.83. The van der Waals surface area contributed by atoms with E-state index in [4.69, 9.17) is 17.3 Å². The highest BCUT2D eigenvalue weighted by Crippen LogP contribution is 2.24. The van der Waals surface area contributed by atoms with Crippen molar-refractivity contribution in [2.75, 3.05) is 5.73 Å². The van der Waals surface area contributed by atoms with E-state index in [2.05, 4.69) is 9.97 Å². The Labute approximate surface area is 92.9 Å². The molecule has 0 aliphatic carbocycles. The Morgan fingerprint density at radius 1 is 1.27 bits per heavy atom. The maximum atomic E-state index is 5.83. The Morgan fingerprint density at radius 3 is 2.73 bits per heavy atom. The lowest BCUT2D eigenvalue weighted by atomic mass is 10.2. The third kappa shape index (κ3) is 2.07. The number of nitrogens with zero attached hydrogens (tertiary/aromatic N) is 2. The van der Waals surface area contributed by atoms with E-state index in [-0.39, 0.29) is 0 Å². The van der Waals surface area contributed by atoms with Gasteiger partial charge >= 0.3 is 0 Å². The van der Waals surface area contributed by atoms with Gasteiger partial charge in [-0.3, -0.25) is 0 Å². The number of anilines is 1. The van der Waals surface area contributed by atoms with E-state index >= 15 is 0 Å². The van der Waals surface area contributed by atoms with Crippen LogP contribution in [0.15, 0.2) is 30.5 Å². The molecule has 2 rings (SSSR count). The molecule has 2 N–H and O–H groups in total. The Bertz CT molecular complexity index is 497. The number of hydrogen-bond acceptors (Lipinski definition) is 3. The zero-order valence-corrected chi connectivity index (χ0v) is 8.99. The SMILES string of the molecule is Cc1ccnc(-c2ccc(Cl)c(N)c2)n1. The zero-order valence-electron chi connectivity index (χ0n) is 8.24. The van der Waals surface area contributed by atoms with Gasteiger partial charge < -0.3 is 5.73 Å². The standard InChI is InChI=1S/C11H10ClN3/c1-7-4-5-14-11(15-7)8-2-3-9(12)10(13)6-8/h2-6H,13H2,1H3. The number of rotatable bonds is 1. The number of hydrogen-bond donors (Lipinski definition) is 1. The van der Waals surface area contributed by atoms with Crippen molar-refractivity contribution in [2.24, 2.45) is 0 Å². The quantitative estimate of drug-likeness (QED) is 0.751. The summed E-state index contributed by atoms with van der Waals surface area (Å²) in [5, 5.41) is 0.548. The van der Waals surface area contributed by atoms with E-state index < -0.39 is 0 Å². The van der Waals surface area contributed by atoms with Crippen LogP contribution >= 0.6 is 11.6 Å². The first-order valence-electron chi connectivity index (χ1n) is 4.52. The maximum Gasteiger partial charge on any atom is 0.159 e. The van der Waals surface area contributed by atoms with Crippen LogP contribution in [-0.4, -0.2) is 9.97 Å². The molecule has 0 atom stereocenters. The number of aryl methyl sites for hydroxylation is 1. The molecule has 0 fully saturated rings. The highest BCUT2D eigenvalue weighted by Gasteiger charge is 2.03. The molecule has 0 saturated carbocycles. The Hall–Kier alpha value is -1.61. The van der Waals surface area contributed by atoms with E-state index in [0.29, 0.717) is 16.5 Å². The third-order valence-corrected chi connectivity index (χ3v) is 2.39. The molecule has 1 aromatic carbocycles. The van der Waals surface area contributed by atoms with Crippen molar-refractivity contribution in [3.63, 3.8) is 0 Å². The molecule has 0 bridgehead atoms. The summed E-state index contributed by atoms with van der Waals surface area (Å²) in [4.78, 5) is 8.48. The summed E-state index contributed by atoms with van der Waals surface area (Å²) in [5.74, 6) is 0.665. The van der Waals surface area contributed by atoms with Crippen molar-refractivity contribution in [3.05, 3.63) is 41.2 Å². The van der Waals surface area contributed by atoms with Gasteiger partial charge in [0.05, 0.1) is 10.7 Å². The molecule has 3 nitrogen and oxygen atoms in total. The molecular formula is C11H10ClN3. The summed E-state index contributed by atoms with van der Waals surface area (Å²) in [6.45, 7) is 1.92. The lowest BCUT2D eigenvalue weighted by molar-refractivity contribution is 1.11. The van der Waals surface area contributed by atoms with Crippen LogP contribution in [0.2, 0.25) is 5.02 Å². The largest absolute Gasteiger partial charge is 0.398 e. The first-order chi connectivity index (χ1) is 7.16. The van der Waals surface area contributed by atoms with E-state index in [1.54, 1.807) is 18.3 Å². The van der Waals surface area contributed by atoms with Crippen LogP contribution in [0, 0.1) is 6.92 Å². The van der Waals surface area contributed by atoms with Crippen molar-refractivity contribution in [2.45, 2.75) is 6.92 Å². The van der Waals surface area contributed by atoms with Gasteiger partial charge in [0.15, 0.2) is 5.82 Å². The highest BCUT2D eigenvalue weighted by atomic mass is 35.5. The van der Waals surface area contributed by atoms with Crippen LogP contribution in [0.4, 0.5) is 5.69 Å². The number of nitrogens with two attached hydrogens (primary N) is 1. The second-order valence-corrected chi connectivity index (χ2v) is 3.67. The van der Waals surface area contributed by atoms with Crippen LogP contribution < -0.4 is 5.73 Å². The third-order valence-electron chi connectivity index (χ3n) is 2.05. The minimum atomic E-state index is 0.541. The maximum absolute atomic E-state index is 5.83.